The van der Waals surface area contributed by atoms with Gasteiger partial charge in [-0.3, -0.25) is 14.5 Å². The lowest BCUT2D eigenvalue weighted by molar-refractivity contribution is -0.123. The van der Waals surface area contributed by atoms with Crippen LogP contribution in [-0.4, -0.2) is 34.2 Å². The van der Waals surface area contributed by atoms with Crippen molar-refractivity contribution in [1.82, 2.24) is 4.90 Å². The molecule has 10 heteroatoms. The summed E-state index contributed by atoms with van der Waals surface area (Å²) in [7, 11) is 1.50. The average Bonchev–Trinajstić information content (AvgIpc) is 3.15. The maximum Gasteiger partial charge on any atom is 0.335 e. The molecule has 1 N–H and O–H groups in total. The van der Waals surface area contributed by atoms with E-state index in [1.807, 2.05) is 6.07 Å². The highest BCUT2D eigenvalue weighted by Gasteiger charge is 2.35. The number of nitrogens with zero attached hydrogens (tertiary/aromatic N) is 2. The molecular formula is C27H19IN2O6S. The second kappa shape index (κ2) is 11.5. The van der Waals surface area contributed by atoms with Crippen molar-refractivity contribution in [1.29, 1.82) is 5.26 Å². The molecule has 3 aromatic rings. The van der Waals surface area contributed by atoms with E-state index in [1.165, 1.54) is 19.2 Å². The number of ether oxygens (including phenoxy) is 2. The molecule has 1 saturated heterocycles. The van der Waals surface area contributed by atoms with Gasteiger partial charge in [0.1, 0.15) is 6.61 Å². The summed E-state index contributed by atoms with van der Waals surface area (Å²) >= 11 is 2.95. The Morgan fingerprint density at radius 3 is 2.57 bits per heavy atom. The molecule has 0 aromatic heterocycles. The number of thioether (sulfide) groups is 1. The zero-order chi connectivity index (χ0) is 26.5. The first-order valence-electron chi connectivity index (χ1n) is 10.9. The highest BCUT2D eigenvalue weighted by Crippen LogP contribution is 2.38. The highest BCUT2D eigenvalue weighted by atomic mass is 127. The van der Waals surface area contributed by atoms with Crippen molar-refractivity contribution in [2.75, 3.05) is 7.11 Å². The number of carbonyl (C=O) groups is 3. The predicted octanol–water partition coefficient (Wildman–Crippen LogP) is 5.69. The first kappa shape index (κ1) is 26.2. The smallest absolute Gasteiger partial charge is 0.335 e. The molecule has 0 atom stereocenters. The number of imide groups is 1. The fraction of sp³-hybridized carbons (Fsp3) is 0.111. The van der Waals surface area contributed by atoms with Gasteiger partial charge in [-0.15, -0.1) is 0 Å². The lowest BCUT2D eigenvalue weighted by atomic mass is 10.1. The maximum absolute atomic E-state index is 13.0. The molecule has 3 aromatic carbocycles. The number of carbonyl (C=O) groups excluding carboxylic acids is 2. The summed E-state index contributed by atoms with van der Waals surface area (Å²) in [5, 5.41) is 17.9. The van der Waals surface area contributed by atoms with E-state index in [9.17, 15) is 19.6 Å². The van der Waals surface area contributed by atoms with Crippen molar-refractivity contribution >= 4 is 57.5 Å². The van der Waals surface area contributed by atoms with Crippen molar-refractivity contribution in [2.45, 2.75) is 13.2 Å². The SMILES string of the molecule is COc1cc(/C=C2/SC(=O)N(Cc3ccccc3C#N)C2=O)cc(I)c1OCc1ccc(C(=O)O)cc1. The van der Waals surface area contributed by atoms with E-state index < -0.39 is 17.1 Å². The van der Waals surface area contributed by atoms with Crippen LogP contribution in [0.4, 0.5) is 4.79 Å². The van der Waals surface area contributed by atoms with Crippen molar-refractivity contribution in [2.24, 2.45) is 0 Å². The third-order valence-electron chi connectivity index (χ3n) is 5.47. The van der Waals surface area contributed by atoms with Crippen LogP contribution < -0.4 is 9.47 Å². The van der Waals surface area contributed by atoms with Gasteiger partial charge in [0.15, 0.2) is 11.5 Å². The Morgan fingerprint density at radius 2 is 1.89 bits per heavy atom. The molecule has 0 unspecified atom stereocenters. The Labute approximate surface area is 230 Å². The summed E-state index contributed by atoms with van der Waals surface area (Å²) in [4.78, 5) is 38.0. The van der Waals surface area contributed by atoms with Gasteiger partial charge in [0, 0.05) is 0 Å². The molecular weight excluding hydrogens is 607 g/mol. The second-order valence-corrected chi connectivity index (χ2v) is 10.0. The number of amides is 2. The van der Waals surface area contributed by atoms with Crippen molar-refractivity contribution < 1.29 is 29.0 Å². The molecule has 37 heavy (non-hydrogen) atoms. The van der Waals surface area contributed by atoms with Crippen LogP contribution in [0.15, 0.2) is 65.6 Å². The van der Waals surface area contributed by atoms with E-state index in [4.69, 9.17) is 14.6 Å². The Hall–Kier alpha value is -3.82. The second-order valence-electron chi connectivity index (χ2n) is 7.86. The summed E-state index contributed by atoms with van der Waals surface area (Å²) < 4.78 is 12.2. The van der Waals surface area contributed by atoms with Crippen LogP contribution in [0.2, 0.25) is 0 Å². The molecule has 0 aliphatic carbocycles. The summed E-state index contributed by atoms with van der Waals surface area (Å²) in [6.45, 7) is 0.224. The minimum atomic E-state index is -0.996. The summed E-state index contributed by atoms with van der Waals surface area (Å²) in [5.74, 6) is -0.475. The quantitative estimate of drug-likeness (QED) is 0.251. The molecule has 0 spiro atoms. The number of nitriles is 1. The molecule has 4 rings (SSSR count). The zero-order valence-electron chi connectivity index (χ0n) is 19.4. The van der Waals surface area contributed by atoms with E-state index in [1.54, 1.807) is 48.5 Å². The molecule has 8 nitrogen and oxygen atoms in total. The Bertz CT molecular complexity index is 1460. The number of methoxy groups -OCH3 is 1. The fourth-order valence-electron chi connectivity index (χ4n) is 3.59. The van der Waals surface area contributed by atoms with Crippen molar-refractivity contribution in [3.8, 4) is 17.6 Å². The van der Waals surface area contributed by atoms with Gasteiger partial charge >= 0.3 is 5.97 Å². The number of benzene rings is 3. The standard InChI is InChI=1S/C27H19IN2O6S/c1-35-22-11-17(10-21(28)24(22)36-15-16-6-8-18(9-7-16)26(32)33)12-23-25(31)30(27(34)37-23)14-20-5-3-2-4-19(20)13-29/h2-12H,14-15H2,1H3,(H,32,33)/b23-12+. The Balaban J connectivity index is 1.52. The van der Waals surface area contributed by atoms with Gasteiger partial charge < -0.3 is 14.6 Å². The van der Waals surface area contributed by atoms with Crippen LogP contribution in [0.1, 0.15) is 32.6 Å². The van der Waals surface area contributed by atoms with Crippen LogP contribution in [0.3, 0.4) is 0 Å². The highest BCUT2D eigenvalue weighted by molar-refractivity contribution is 14.1. The van der Waals surface area contributed by atoms with Crippen molar-refractivity contribution in [3.63, 3.8) is 0 Å². The average molecular weight is 626 g/mol. The van der Waals surface area contributed by atoms with Crippen LogP contribution >= 0.6 is 34.4 Å². The van der Waals surface area contributed by atoms with Gasteiger partial charge in [0.25, 0.3) is 11.1 Å². The number of carboxylic acids is 1. The summed E-state index contributed by atoms with van der Waals surface area (Å²) in [6.07, 6.45) is 1.63. The van der Waals surface area contributed by atoms with Gasteiger partial charge in [0.2, 0.25) is 0 Å². The molecule has 0 bridgehead atoms. The Kier molecular flexibility index (Phi) is 8.15. The first-order valence-corrected chi connectivity index (χ1v) is 12.8. The molecule has 0 radical (unpaired) electrons. The number of halogens is 1. The van der Waals surface area contributed by atoms with E-state index in [-0.39, 0.29) is 23.6 Å². The third-order valence-corrected chi connectivity index (χ3v) is 7.18. The third kappa shape index (κ3) is 5.95. The number of carboxylic acid groups (broad SMARTS) is 1. The lowest BCUT2D eigenvalue weighted by Gasteiger charge is -2.14. The normalized spacial score (nSPS) is 14.1. The van der Waals surface area contributed by atoms with E-state index in [0.717, 1.165) is 25.8 Å². The zero-order valence-corrected chi connectivity index (χ0v) is 22.4. The van der Waals surface area contributed by atoms with E-state index in [0.29, 0.717) is 28.2 Å². The number of rotatable bonds is 8. The monoisotopic (exact) mass is 626 g/mol. The van der Waals surface area contributed by atoms with Crippen LogP contribution in [0.25, 0.3) is 6.08 Å². The van der Waals surface area contributed by atoms with Gasteiger partial charge in [-0.2, -0.15) is 5.26 Å². The topological polar surface area (TPSA) is 117 Å². The minimum absolute atomic E-state index is 0.0207. The van der Waals surface area contributed by atoms with Crippen molar-refractivity contribution in [3.05, 3.63) is 97.0 Å². The number of hydrogen-bond acceptors (Lipinski definition) is 7. The van der Waals surface area contributed by atoms with Crippen LogP contribution in [0.5, 0.6) is 11.5 Å². The lowest BCUT2D eigenvalue weighted by Crippen LogP contribution is -2.27. The predicted molar refractivity (Wildman–Crippen MR) is 146 cm³/mol. The van der Waals surface area contributed by atoms with E-state index in [2.05, 4.69) is 28.7 Å². The molecule has 1 aliphatic heterocycles. The minimum Gasteiger partial charge on any atom is -0.493 e. The number of hydrogen-bond donors (Lipinski definition) is 1. The Morgan fingerprint density at radius 1 is 1.16 bits per heavy atom. The molecule has 1 aliphatic rings. The van der Waals surface area contributed by atoms with Gasteiger partial charge in [-0.05, 0) is 87.5 Å². The van der Waals surface area contributed by atoms with Crippen LogP contribution in [-0.2, 0) is 17.9 Å². The number of aromatic carboxylic acids is 1. The summed E-state index contributed by atoms with van der Waals surface area (Å²) in [6, 6.07) is 18.8. The molecule has 1 fully saturated rings. The molecule has 1 heterocycles. The first-order chi connectivity index (χ1) is 17.8. The summed E-state index contributed by atoms with van der Waals surface area (Å²) in [5.41, 5.74) is 2.65. The maximum atomic E-state index is 13.0. The van der Waals surface area contributed by atoms with Crippen LogP contribution in [0, 0.1) is 14.9 Å². The van der Waals surface area contributed by atoms with Gasteiger partial charge in [0.05, 0.1) is 39.3 Å². The largest absolute Gasteiger partial charge is 0.493 e. The molecule has 186 valence electrons. The fourth-order valence-corrected chi connectivity index (χ4v) is 5.21. The van der Waals surface area contributed by atoms with E-state index >= 15 is 0 Å². The molecule has 2 amide bonds. The molecule has 0 saturated carbocycles. The van der Waals surface area contributed by atoms with Gasteiger partial charge in [-0.25, -0.2) is 4.79 Å². The van der Waals surface area contributed by atoms with Gasteiger partial charge in [-0.1, -0.05) is 30.3 Å².